The van der Waals surface area contributed by atoms with Crippen LogP contribution in [0, 0.1) is 0 Å². The van der Waals surface area contributed by atoms with Crippen molar-refractivity contribution in [1.82, 2.24) is 15.1 Å². The smallest absolute Gasteiger partial charge is 0.257 e. The molecule has 1 aliphatic rings. The summed E-state index contributed by atoms with van der Waals surface area (Å²) in [7, 11) is 0. The van der Waals surface area contributed by atoms with Crippen molar-refractivity contribution in [2.24, 2.45) is 0 Å². The molecule has 0 saturated heterocycles. The molecule has 0 radical (unpaired) electrons. The number of benzene rings is 2. The summed E-state index contributed by atoms with van der Waals surface area (Å²) in [5.41, 5.74) is 3.60. The van der Waals surface area contributed by atoms with Gasteiger partial charge in [-0.25, -0.2) is 4.68 Å². The highest BCUT2D eigenvalue weighted by molar-refractivity contribution is 6.30. The van der Waals surface area contributed by atoms with E-state index in [4.69, 9.17) is 11.6 Å². The molecule has 0 saturated carbocycles. The van der Waals surface area contributed by atoms with E-state index in [2.05, 4.69) is 27.9 Å². The van der Waals surface area contributed by atoms with Crippen LogP contribution in [0.15, 0.2) is 54.6 Å². The maximum atomic E-state index is 12.9. The summed E-state index contributed by atoms with van der Waals surface area (Å²) in [5, 5.41) is 11.8. The molecule has 0 bridgehead atoms. The topological polar surface area (TPSA) is 59.0 Å². The molecule has 0 aliphatic carbocycles. The Morgan fingerprint density at radius 3 is 2.81 bits per heavy atom. The minimum Gasteiger partial charge on any atom is -0.361 e. The first-order valence-corrected chi connectivity index (χ1v) is 9.47. The number of halogens is 1. The van der Waals surface area contributed by atoms with Crippen LogP contribution in [0.3, 0.4) is 0 Å². The predicted molar refractivity (Wildman–Crippen MR) is 107 cm³/mol. The number of carbonyl (C=O) groups excluding carboxylic acids is 1. The van der Waals surface area contributed by atoms with Crippen LogP contribution >= 0.6 is 11.6 Å². The minimum absolute atomic E-state index is 0.116. The highest BCUT2D eigenvalue weighted by Crippen LogP contribution is 2.33. The van der Waals surface area contributed by atoms with E-state index in [-0.39, 0.29) is 11.9 Å². The number of aromatic nitrogens is 2. The molecular formula is C21H21ClN4O. The standard InChI is InChI=1S/C21H21ClN4O/c1-2-17-19(21(27)23-12-14-7-6-10-16(22)11-14)20-24-18(13-26(20)25-17)15-8-4-3-5-9-15/h3-11,18,24H,2,12-13H2,1H3,(H,23,27)/t18-/m0/s1. The van der Waals surface area contributed by atoms with E-state index in [1.54, 1.807) is 0 Å². The van der Waals surface area contributed by atoms with E-state index >= 15 is 0 Å². The Morgan fingerprint density at radius 2 is 2.07 bits per heavy atom. The summed E-state index contributed by atoms with van der Waals surface area (Å²) in [6.45, 7) is 3.16. The Balaban J connectivity index is 1.54. The van der Waals surface area contributed by atoms with E-state index in [1.165, 1.54) is 5.56 Å². The second-order valence-electron chi connectivity index (χ2n) is 6.63. The van der Waals surface area contributed by atoms with Crippen LogP contribution in [0.2, 0.25) is 5.02 Å². The van der Waals surface area contributed by atoms with Crippen LogP contribution in [-0.4, -0.2) is 15.7 Å². The summed E-state index contributed by atoms with van der Waals surface area (Å²) < 4.78 is 1.91. The zero-order valence-electron chi connectivity index (χ0n) is 15.1. The fourth-order valence-corrected chi connectivity index (χ4v) is 3.66. The van der Waals surface area contributed by atoms with Crippen LogP contribution in [-0.2, 0) is 19.5 Å². The van der Waals surface area contributed by atoms with E-state index in [1.807, 2.05) is 54.1 Å². The van der Waals surface area contributed by atoms with Crippen molar-refractivity contribution in [1.29, 1.82) is 0 Å². The number of anilines is 1. The number of rotatable bonds is 5. The third-order valence-corrected chi connectivity index (χ3v) is 5.03. The number of carbonyl (C=O) groups is 1. The molecule has 2 aromatic carbocycles. The number of hydrogen-bond donors (Lipinski definition) is 2. The normalized spacial score (nSPS) is 15.3. The lowest BCUT2D eigenvalue weighted by atomic mass is 10.1. The van der Waals surface area contributed by atoms with Gasteiger partial charge in [-0.05, 0) is 29.7 Å². The highest BCUT2D eigenvalue weighted by Gasteiger charge is 2.30. The van der Waals surface area contributed by atoms with Crippen molar-refractivity contribution in [3.8, 4) is 0 Å². The minimum atomic E-state index is -0.116. The van der Waals surface area contributed by atoms with Gasteiger partial charge in [-0.1, -0.05) is 61.0 Å². The van der Waals surface area contributed by atoms with E-state index < -0.39 is 0 Å². The van der Waals surface area contributed by atoms with Gasteiger partial charge in [0.05, 0.1) is 18.3 Å². The van der Waals surface area contributed by atoms with E-state index in [0.29, 0.717) is 30.1 Å². The van der Waals surface area contributed by atoms with Gasteiger partial charge in [0.15, 0.2) is 0 Å². The number of fused-ring (bicyclic) bond motifs is 1. The Morgan fingerprint density at radius 1 is 1.26 bits per heavy atom. The van der Waals surface area contributed by atoms with Crippen molar-refractivity contribution in [2.75, 3.05) is 5.32 Å². The molecule has 0 spiro atoms. The lowest BCUT2D eigenvalue weighted by molar-refractivity contribution is 0.0951. The lowest BCUT2D eigenvalue weighted by Crippen LogP contribution is -2.24. The summed E-state index contributed by atoms with van der Waals surface area (Å²) in [4.78, 5) is 12.9. The SMILES string of the molecule is CCc1nn2c(c1C(=O)NCc1cccc(Cl)c1)N[C@H](c1ccccc1)C2. The van der Waals surface area contributed by atoms with Crippen molar-refractivity contribution < 1.29 is 4.79 Å². The first-order chi connectivity index (χ1) is 13.2. The van der Waals surface area contributed by atoms with E-state index in [9.17, 15) is 4.79 Å². The van der Waals surface area contributed by atoms with Crippen LogP contribution in [0.5, 0.6) is 0 Å². The van der Waals surface area contributed by atoms with Gasteiger partial charge in [0.1, 0.15) is 11.4 Å². The molecule has 5 nitrogen and oxygen atoms in total. The molecule has 1 aromatic heterocycles. The molecule has 3 aromatic rings. The van der Waals surface area contributed by atoms with Crippen molar-refractivity contribution in [3.05, 3.63) is 82.0 Å². The lowest BCUT2D eigenvalue weighted by Gasteiger charge is -2.12. The van der Waals surface area contributed by atoms with E-state index in [0.717, 1.165) is 17.1 Å². The summed E-state index contributed by atoms with van der Waals surface area (Å²) in [6.07, 6.45) is 0.706. The van der Waals surface area contributed by atoms with Gasteiger partial charge in [0.2, 0.25) is 0 Å². The van der Waals surface area contributed by atoms with Gasteiger partial charge >= 0.3 is 0 Å². The fraction of sp³-hybridized carbons (Fsp3) is 0.238. The average molecular weight is 381 g/mol. The van der Waals surface area contributed by atoms with Crippen LogP contribution in [0.25, 0.3) is 0 Å². The Labute approximate surface area is 163 Å². The van der Waals surface area contributed by atoms with Crippen molar-refractivity contribution in [3.63, 3.8) is 0 Å². The van der Waals surface area contributed by atoms with Gasteiger partial charge in [0, 0.05) is 11.6 Å². The quantitative estimate of drug-likeness (QED) is 0.697. The maximum Gasteiger partial charge on any atom is 0.257 e. The molecule has 2 N–H and O–H groups in total. The number of amides is 1. The van der Waals surface area contributed by atoms with Gasteiger partial charge in [-0.3, -0.25) is 4.79 Å². The zero-order chi connectivity index (χ0) is 18.8. The summed E-state index contributed by atoms with van der Waals surface area (Å²) in [6, 6.07) is 17.8. The molecule has 4 rings (SSSR count). The van der Waals surface area contributed by atoms with Gasteiger partial charge < -0.3 is 10.6 Å². The number of nitrogens with zero attached hydrogens (tertiary/aromatic N) is 2. The molecule has 1 atom stereocenters. The molecule has 27 heavy (non-hydrogen) atoms. The summed E-state index contributed by atoms with van der Waals surface area (Å²) in [5.74, 6) is 0.679. The number of hydrogen-bond acceptors (Lipinski definition) is 3. The molecule has 0 unspecified atom stereocenters. The Kier molecular flexibility index (Phi) is 4.86. The van der Waals surface area contributed by atoms with Crippen LogP contribution < -0.4 is 10.6 Å². The van der Waals surface area contributed by atoms with Gasteiger partial charge in [-0.2, -0.15) is 5.10 Å². The van der Waals surface area contributed by atoms with Gasteiger partial charge in [0.25, 0.3) is 5.91 Å². The molecule has 6 heteroatoms. The van der Waals surface area contributed by atoms with Crippen molar-refractivity contribution >= 4 is 23.3 Å². The number of aryl methyl sites for hydroxylation is 1. The third kappa shape index (κ3) is 3.55. The number of nitrogens with one attached hydrogen (secondary N) is 2. The zero-order valence-corrected chi connectivity index (χ0v) is 15.8. The fourth-order valence-electron chi connectivity index (χ4n) is 3.45. The molecule has 0 fully saturated rings. The first kappa shape index (κ1) is 17.6. The molecule has 1 aliphatic heterocycles. The Hall–Kier alpha value is -2.79. The highest BCUT2D eigenvalue weighted by atomic mass is 35.5. The largest absolute Gasteiger partial charge is 0.361 e. The van der Waals surface area contributed by atoms with Crippen molar-refractivity contribution in [2.45, 2.75) is 32.5 Å². The molecule has 2 heterocycles. The first-order valence-electron chi connectivity index (χ1n) is 9.09. The monoisotopic (exact) mass is 380 g/mol. The summed E-state index contributed by atoms with van der Waals surface area (Å²) >= 11 is 6.02. The molecule has 138 valence electrons. The predicted octanol–water partition coefficient (Wildman–Crippen LogP) is 4.20. The second-order valence-corrected chi connectivity index (χ2v) is 7.06. The van der Waals surface area contributed by atoms with Crippen LogP contribution in [0.4, 0.5) is 5.82 Å². The molecule has 1 amide bonds. The third-order valence-electron chi connectivity index (χ3n) is 4.80. The molecular weight excluding hydrogens is 360 g/mol. The van der Waals surface area contributed by atoms with Gasteiger partial charge in [-0.15, -0.1) is 0 Å². The Bertz CT molecular complexity index is 968. The second kappa shape index (κ2) is 7.45. The average Bonchev–Trinajstić information content (AvgIpc) is 3.24. The van der Waals surface area contributed by atoms with Crippen LogP contribution in [0.1, 0.15) is 40.1 Å². The maximum absolute atomic E-state index is 12.9.